The van der Waals surface area contributed by atoms with Crippen LogP contribution in [0.1, 0.15) is 34.1 Å². The fourth-order valence-corrected chi connectivity index (χ4v) is 1.78. The Hall–Kier alpha value is -1.01. The monoisotopic (exact) mass is 294 g/mol. The number of halogens is 1. The van der Waals surface area contributed by atoms with Crippen LogP contribution in [0.4, 0.5) is 4.79 Å². The minimum Gasteiger partial charge on any atom is -0.480 e. The molecule has 19 heavy (non-hydrogen) atoms. The summed E-state index contributed by atoms with van der Waals surface area (Å²) in [5.74, 6) is -0.960. The van der Waals surface area contributed by atoms with E-state index in [1.807, 2.05) is 0 Å². The molecule has 0 aliphatic carbocycles. The van der Waals surface area contributed by atoms with Crippen molar-refractivity contribution in [2.45, 2.75) is 45.3 Å². The van der Waals surface area contributed by atoms with Gasteiger partial charge in [0, 0.05) is 6.54 Å². The second-order valence-electron chi connectivity index (χ2n) is 5.82. The normalized spacial score (nSPS) is 24.1. The van der Waals surface area contributed by atoms with Gasteiger partial charge in [0.25, 0.3) is 0 Å². The molecule has 1 atom stereocenters. The number of aliphatic carboxylic acids is 1. The summed E-state index contributed by atoms with van der Waals surface area (Å²) in [7, 11) is 0. The van der Waals surface area contributed by atoms with E-state index in [2.05, 4.69) is 5.32 Å². The second-order valence-corrected chi connectivity index (χ2v) is 5.82. The lowest BCUT2D eigenvalue weighted by Crippen LogP contribution is -2.56. The highest BCUT2D eigenvalue weighted by Crippen LogP contribution is 2.16. The minimum atomic E-state index is -1.12. The van der Waals surface area contributed by atoms with E-state index in [0.717, 1.165) is 0 Å². The van der Waals surface area contributed by atoms with E-state index in [4.69, 9.17) is 4.74 Å². The Labute approximate surface area is 119 Å². The molecule has 1 rings (SSSR count). The molecule has 0 spiro atoms. The Morgan fingerprint density at radius 1 is 1.37 bits per heavy atom. The molecule has 1 fully saturated rings. The van der Waals surface area contributed by atoms with Crippen LogP contribution in [-0.2, 0) is 9.53 Å². The van der Waals surface area contributed by atoms with Crippen molar-refractivity contribution in [3.63, 3.8) is 0 Å². The average Bonchev–Trinajstić information content (AvgIpc) is 2.38. The average molecular weight is 295 g/mol. The lowest BCUT2D eigenvalue weighted by Gasteiger charge is -2.31. The molecule has 0 radical (unpaired) electrons. The zero-order chi connectivity index (χ0) is 14.0. The van der Waals surface area contributed by atoms with Crippen molar-refractivity contribution >= 4 is 24.5 Å². The molecule has 1 heterocycles. The molecule has 1 unspecified atom stereocenters. The van der Waals surface area contributed by atoms with Gasteiger partial charge < -0.3 is 20.1 Å². The van der Waals surface area contributed by atoms with Gasteiger partial charge in [-0.3, -0.25) is 4.79 Å². The summed E-state index contributed by atoms with van der Waals surface area (Å²) in [5, 5.41) is 12.2. The van der Waals surface area contributed by atoms with Crippen LogP contribution >= 0.6 is 12.4 Å². The highest BCUT2D eigenvalue weighted by Gasteiger charge is 2.38. The molecule has 0 aromatic rings. The van der Waals surface area contributed by atoms with Gasteiger partial charge in [-0.05, 0) is 40.7 Å². The zero-order valence-corrected chi connectivity index (χ0v) is 12.7. The van der Waals surface area contributed by atoms with E-state index in [-0.39, 0.29) is 19.0 Å². The van der Waals surface area contributed by atoms with Crippen molar-refractivity contribution < 1.29 is 19.4 Å². The summed E-state index contributed by atoms with van der Waals surface area (Å²) < 4.78 is 5.27. The SMILES string of the molecule is CC(C)(C)OC(=O)N1CCCNC(C)(C(=O)O)C1.Cl. The molecule has 1 saturated heterocycles. The van der Waals surface area contributed by atoms with E-state index >= 15 is 0 Å². The number of carbonyl (C=O) groups is 2. The predicted molar refractivity (Wildman–Crippen MR) is 73.7 cm³/mol. The molecule has 0 saturated carbocycles. The molecular weight excluding hydrogens is 272 g/mol. The number of hydrogen-bond donors (Lipinski definition) is 2. The highest BCUT2D eigenvalue weighted by atomic mass is 35.5. The molecule has 0 aromatic heterocycles. The van der Waals surface area contributed by atoms with Gasteiger partial charge in [-0.25, -0.2) is 4.79 Å². The van der Waals surface area contributed by atoms with Crippen molar-refractivity contribution in [2.24, 2.45) is 0 Å². The van der Waals surface area contributed by atoms with Crippen molar-refractivity contribution in [2.75, 3.05) is 19.6 Å². The van der Waals surface area contributed by atoms with Crippen LogP contribution in [0.2, 0.25) is 0 Å². The number of carboxylic acids is 1. The molecule has 6 nitrogen and oxygen atoms in total. The maximum atomic E-state index is 12.0. The summed E-state index contributed by atoms with van der Waals surface area (Å²) in [6, 6.07) is 0. The highest BCUT2D eigenvalue weighted by molar-refractivity contribution is 5.85. The minimum absolute atomic E-state index is 0. The number of nitrogens with one attached hydrogen (secondary N) is 1. The standard InChI is InChI=1S/C12H22N2O4.ClH/c1-11(2,3)18-10(17)14-7-5-6-13-12(4,8-14)9(15)16;/h13H,5-8H2,1-4H3,(H,15,16);1H. The van der Waals surface area contributed by atoms with Gasteiger partial charge in [0.1, 0.15) is 11.1 Å². The second kappa shape index (κ2) is 6.43. The molecule has 0 aromatic carbocycles. The largest absolute Gasteiger partial charge is 0.480 e. The number of rotatable bonds is 1. The van der Waals surface area contributed by atoms with Crippen LogP contribution in [0.5, 0.6) is 0 Å². The van der Waals surface area contributed by atoms with E-state index in [0.29, 0.717) is 19.5 Å². The molecule has 112 valence electrons. The molecule has 1 amide bonds. The van der Waals surface area contributed by atoms with Crippen molar-refractivity contribution in [1.29, 1.82) is 0 Å². The third-order valence-corrected chi connectivity index (χ3v) is 2.75. The van der Waals surface area contributed by atoms with Crippen LogP contribution in [0.15, 0.2) is 0 Å². The first-order chi connectivity index (χ1) is 8.14. The van der Waals surface area contributed by atoms with Crippen LogP contribution < -0.4 is 5.32 Å². The number of hydrogen-bond acceptors (Lipinski definition) is 4. The van der Waals surface area contributed by atoms with Gasteiger partial charge in [-0.15, -0.1) is 12.4 Å². The van der Waals surface area contributed by atoms with Crippen molar-refractivity contribution in [1.82, 2.24) is 10.2 Å². The van der Waals surface area contributed by atoms with E-state index < -0.39 is 23.2 Å². The number of nitrogens with zero attached hydrogens (tertiary/aromatic N) is 1. The lowest BCUT2D eigenvalue weighted by atomic mass is 10.0. The topological polar surface area (TPSA) is 78.9 Å². The van der Waals surface area contributed by atoms with Gasteiger partial charge in [-0.1, -0.05) is 0 Å². The molecule has 1 aliphatic heterocycles. The Balaban J connectivity index is 0.00000324. The number of amides is 1. The van der Waals surface area contributed by atoms with E-state index in [1.54, 1.807) is 27.7 Å². The quantitative estimate of drug-likeness (QED) is 0.766. The Morgan fingerprint density at radius 3 is 2.42 bits per heavy atom. The summed E-state index contributed by atoms with van der Waals surface area (Å²) in [4.78, 5) is 24.7. The van der Waals surface area contributed by atoms with Crippen LogP contribution in [0, 0.1) is 0 Å². The molecule has 2 N–H and O–H groups in total. The summed E-state index contributed by atoms with van der Waals surface area (Å²) in [6.07, 6.45) is 0.251. The van der Waals surface area contributed by atoms with E-state index in [1.165, 1.54) is 4.90 Å². The Bertz CT molecular complexity index is 343. The number of carbonyl (C=O) groups excluding carboxylic acids is 1. The fourth-order valence-electron chi connectivity index (χ4n) is 1.78. The van der Waals surface area contributed by atoms with Gasteiger partial charge in [-0.2, -0.15) is 0 Å². The first-order valence-corrected chi connectivity index (χ1v) is 6.10. The molecule has 0 bridgehead atoms. The van der Waals surface area contributed by atoms with Crippen molar-refractivity contribution in [3.8, 4) is 0 Å². The summed E-state index contributed by atoms with van der Waals surface area (Å²) in [5.41, 5.74) is -1.69. The van der Waals surface area contributed by atoms with Crippen molar-refractivity contribution in [3.05, 3.63) is 0 Å². The maximum Gasteiger partial charge on any atom is 0.410 e. The number of carboxylic acid groups (broad SMARTS) is 1. The van der Waals surface area contributed by atoms with Gasteiger partial charge in [0.2, 0.25) is 0 Å². The first kappa shape index (κ1) is 18.0. The third-order valence-electron chi connectivity index (χ3n) is 2.75. The summed E-state index contributed by atoms with van der Waals surface area (Å²) in [6.45, 7) is 8.13. The zero-order valence-electron chi connectivity index (χ0n) is 11.9. The lowest BCUT2D eigenvalue weighted by molar-refractivity contribution is -0.144. The van der Waals surface area contributed by atoms with Crippen LogP contribution in [0.25, 0.3) is 0 Å². The fraction of sp³-hybridized carbons (Fsp3) is 0.833. The summed E-state index contributed by atoms with van der Waals surface area (Å²) >= 11 is 0. The van der Waals surface area contributed by atoms with Crippen LogP contribution in [0.3, 0.4) is 0 Å². The maximum absolute atomic E-state index is 12.0. The molecule has 1 aliphatic rings. The predicted octanol–water partition coefficient (Wildman–Crippen LogP) is 1.48. The van der Waals surface area contributed by atoms with Crippen LogP contribution in [-0.4, -0.2) is 52.8 Å². The molecular formula is C12H23ClN2O4. The smallest absolute Gasteiger partial charge is 0.410 e. The third kappa shape index (κ3) is 5.24. The van der Waals surface area contributed by atoms with Gasteiger partial charge in [0.05, 0.1) is 6.54 Å². The Kier molecular flexibility index (Phi) is 6.09. The van der Waals surface area contributed by atoms with E-state index in [9.17, 15) is 14.7 Å². The first-order valence-electron chi connectivity index (χ1n) is 6.10. The van der Waals surface area contributed by atoms with Gasteiger partial charge >= 0.3 is 12.1 Å². The van der Waals surface area contributed by atoms with Gasteiger partial charge in [0.15, 0.2) is 0 Å². The molecule has 7 heteroatoms. The Morgan fingerprint density at radius 2 is 1.95 bits per heavy atom. The number of ether oxygens (including phenoxy) is 1.